The number of nitrogens with zero attached hydrogens (tertiary/aromatic N) is 3. The molecule has 25 heavy (non-hydrogen) atoms. The van der Waals surface area contributed by atoms with E-state index in [4.69, 9.17) is 0 Å². The molecule has 1 amide bonds. The Morgan fingerprint density at radius 3 is 2.68 bits per heavy atom. The topological polar surface area (TPSA) is 98.0 Å². The Morgan fingerprint density at radius 1 is 1.16 bits per heavy atom. The van der Waals surface area contributed by atoms with Crippen LogP contribution in [0.25, 0.3) is 10.2 Å². The first kappa shape index (κ1) is 15.6. The van der Waals surface area contributed by atoms with Crippen LogP contribution in [0.5, 0.6) is 0 Å². The number of hydrogen-bond donors (Lipinski definition) is 1. The predicted molar refractivity (Wildman–Crippen MR) is 95.1 cm³/mol. The van der Waals surface area contributed by atoms with Gasteiger partial charge in [0.1, 0.15) is 17.0 Å². The number of benzene rings is 1. The van der Waals surface area contributed by atoms with Crippen LogP contribution in [0.4, 0.5) is 11.5 Å². The number of nitro groups is 1. The third kappa shape index (κ3) is 2.85. The normalized spacial score (nSPS) is 13.4. The van der Waals surface area contributed by atoms with E-state index in [0.717, 1.165) is 29.5 Å². The minimum absolute atomic E-state index is 0.0483. The second kappa shape index (κ2) is 6.21. The molecule has 0 atom stereocenters. The molecule has 0 radical (unpaired) electrons. The monoisotopic (exact) mass is 354 g/mol. The third-order valence-corrected chi connectivity index (χ3v) is 5.52. The Morgan fingerprint density at radius 2 is 1.92 bits per heavy atom. The Kier molecular flexibility index (Phi) is 3.89. The SMILES string of the molecule is O=C(Nc1ncnc2sc3c(c12)CCCC3)c1ccc([N+](=O)[O-])cc1. The lowest BCUT2D eigenvalue weighted by Crippen LogP contribution is -2.13. The number of aryl methyl sites for hydroxylation is 2. The fourth-order valence-corrected chi connectivity index (χ4v) is 4.33. The van der Waals surface area contributed by atoms with Crippen LogP contribution < -0.4 is 5.32 Å². The van der Waals surface area contributed by atoms with E-state index in [2.05, 4.69) is 15.3 Å². The summed E-state index contributed by atoms with van der Waals surface area (Å²) in [7, 11) is 0. The van der Waals surface area contributed by atoms with Gasteiger partial charge in [-0.25, -0.2) is 9.97 Å². The van der Waals surface area contributed by atoms with Crippen molar-refractivity contribution in [2.45, 2.75) is 25.7 Å². The molecular formula is C17H14N4O3S. The van der Waals surface area contributed by atoms with Gasteiger partial charge in [-0.3, -0.25) is 14.9 Å². The smallest absolute Gasteiger partial charge is 0.269 e. The Hall–Kier alpha value is -2.87. The maximum atomic E-state index is 12.5. The predicted octanol–water partition coefficient (Wildman–Crippen LogP) is 3.73. The highest BCUT2D eigenvalue weighted by Gasteiger charge is 2.21. The highest BCUT2D eigenvalue weighted by atomic mass is 32.1. The minimum atomic E-state index is -0.493. The highest BCUT2D eigenvalue weighted by molar-refractivity contribution is 7.19. The molecule has 0 unspecified atom stereocenters. The fourth-order valence-electron chi connectivity index (χ4n) is 3.10. The molecule has 1 aromatic carbocycles. The molecule has 0 fully saturated rings. The zero-order valence-electron chi connectivity index (χ0n) is 13.2. The van der Waals surface area contributed by atoms with Gasteiger partial charge < -0.3 is 5.32 Å². The van der Waals surface area contributed by atoms with Crippen molar-refractivity contribution < 1.29 is 9.72 Å². The lowest BCUT2D eigenvalue weighted by Gasteiger charge is -2.12. The quantitative estimate of drug-likeness (QED) is 0.571. The zero-order valence-corrected chi connectivity index (χ0v) is 14.0. The average molecular weight is 354 g/mol. The number of aromatic nitrogens is 2. The summed E-state index contributed by atoms with van der Waals surface area (Å²) < 4.78 is 0. The van der Waals surface area contributed by atoms with Gasteiger partial charge in [-0.2, -0.15) is 0 Å². The molecule has 0 saturated carbocycles. The maximum Gasteiger partial charge on any atom is 0.269 e. The highest BCUT2D eigenvalue weighted by Crippen LogP contribution is 2.38. The summed E-state index contributed by atoms with van der Waals surface area (Å²) in [5, 5.41) is 14.5. The Labute approximate surface area is 146 Å². The lowest BCUT2D eigenvalue weighted by molar-refractivity contribution is -0.384. The summed E-state index contributed by atoms with van der Waals surface area (Å²) in [6.07, 6.45) is 5.78. The van der Waals surface area contributed by atoms with Gasteiger partial charge in [0.25, 0.3) is 11.6 Å². The molecule has 0 spiro atoms. The van der Waals surface area contributed by atoms with Crippen LogP contribution in [0.2, 0.25) is 0 Å². The van der Waals surface area contributed by atoms with E-state index in [9.17, 15) is 14.9 Å². The number of thiophene rings is 1. The van der Waals surface area contributed by atoms with Gasteiger partial charge in [0, 0.05) is 22.6 Å². The molecule has 1 N–H and O–H groups in total. The first-order valence-corrected chi connectivity index (χ1v) is 8.76. The maximum absolute atomic E-state index is 12.5. The van der Waals surface area contributed by atoms with Crippen molar-refractivity contribution in [2.24, 2.45) is 0 Å². The number of carbonyl (C=O) groups is 1. The number of carbonyl (C=O) groups excluding carboxylic acids is 1. The van der Waals surface area contributed by atoms with Gasteiger partial charge in [-0.05, 0) is 43.4 Å². The minimum Gasteiger partial charge on any atom is -0.306 e. The summed E-state index contributed by atoms with van der Waals surface area (Å²) in [5.41, 5.74) is 1.54. The molecule has 1 aliphatic carbocycles. The number of anilines is 1. The molecular weight excluding hydrogens is 340 g/mol. The average Bonchev–Trinajstić information content (AvgIpc) is 3.01. The number of non-ortho nitro benzene ring substituents is 1. The number of hydrogen-bond acceptors (Lipinski definition) is 6. The molecule has 2 heterocycles. The van der Waals surface area contributed by atoms with E-state index in [0.29, 0.717) is 11.4 Å². The van der Waals surface area contributed by atoms with Crippen LogP contribution >= 0.6 is 11.3 Å². The number of fused-ring (bicyclic) bond motifs is 3. The van der Waals surface area contributed by atoms with E-state index in [1.165, 1.54) is 47.5 Å². The van der Waals surface area contributed by atoms with Gasteiger partial charge in [0.2, 0.25) is 0 Å². The summed E-state index contributed by atoms with van der Waals surface area (Å²) in [5.74, 6) is 0.165. The van der Waals surface area contributed by atoms with Gasteiger partial charge in [0.15, 0.2) is 0 Å². The second-order valence-corrected chi connectivity index (χ2v) is 6.96. The van der Waals surface area contributed by atoms with E-state index >= 15 is 0 Å². The molecule has 1 aliphatic rings. The van der Waals surface area contributed by atoms with Gasteiger partial charge >= 0.3 is 0 Å². The van der Waals surface area contributed by atoms with Crippen LogP contribution in [0.1, 0.15) is 33.6 Å². The van der Waals surface area contributed by atoms with Crippen molar-refractivity contribution in [3.63, 3.8) is 0 Å². The Balaban J connectivity index is 1.67. The van der Waals surface area contributed by atoms with Gasteiger partial charge in [0.05, 0.1) is 10.3 Å². The molecule has 0 aliphatic heterocycles. The number of amides is 1. The van der Waals surface area contributed by atoms with Crippen LogP contribution in [-0.2, 0) is 12.8 Å². The summed E-state index contributed by atoms with van der Waals surface area (Å²) in [6, 6.07) is 5.51. The second-order valence-electron chi connectivity index (χ2n) is 5.87. The summed E-state index contributed by atoms with van der Waals surface area (Å²) >= 11 is 1.66. The number of nitrogens with one attached hydrogen (secondary N) is 1. The summed E-state index contributed by atoms with van der Waals surface area (Å²) in [6.45, 7) is 0. The molecule has 8 heteroatoms. The van der Waals surface area contributed by atoms with Crippen LogP contribution in [0, 0.1) is 10.1 Å². The Bertz CT molecular complexity index is 981. The van der Waals surface area contributed by atoms with E-state index in [-0.39, 0.29) is 11.6 Å². The standard InChI is InChI=1S/C17H14N4O3S/c22-16(10-5-7-11(8-6-10)21(23)24)20-15-14-12-3-1-2-4-13(12)25-17(14)19-9-18-15/h5-9H,1-4H2,(H,18,19,20,22). The molecule has 2 aromatic heterocycles. The van der Waals surface area contributed by atoms with E-state index in [1.807, 2.05) is 0 Å². The van der Waals surface area contributed by atoms with Crippen molar-refractivity contribution in [1.29, 1.82) is 0 Å². The molecule has 0 bridgehead atoms. The van der Waals surface area contributed by atoms with Crippen LogP contribution in [0.15, 0.2) is 30.6 Å². The molecule has 7 nitrogen and oxygen atoms in total. The van der Waals surface area contributed by atoms with Crippen molar-refractivity contribution in [3.8, 4) is 0 Å². The van der Waals surface area contributed by atoms with Crippen LogP contribution in [-0.4, -0.2) is 20.8 Å². The van der Waals surface area contributed by atoms with Gasteiger partial charge in [-0.15, -0.1) is 11.3 Å². The number of rotatable bonds is 3. The zero-order chi connectivity index (χ0) is 17.4. The van der Waals surface area contributed by atoms with Gasteiger partial charge in [-0.1, -0.05) is 0 Å². The molecule has 3 aromatic rings. The summed E-state index contributed by atoms with van der Waals surface area (Å²) in [4.78, 5) is 33.5. The first-order valence-electron chi connectivity index (χ1n) is 7.94. The molecule has 126 valence electrons. The molecule has 0 saturated heterocycles. The van der Waals surface area contributed by atoms with Crippen molar-refractivity contribution in [3.05, 3.63) is 56.7 Å². The number of nitro benzene ring substituents is 1. The van der Waals surface area contributed by atoms with Crippen molar-refractivity contribution in [1.82, 2.24) is 9.97 Å². The first-order chi connectivity index (χ1) is 12.1. The van der Waals surface area contributed by atoms with E-state index in [1.54, 1.807) is 11.3 Å². The van der Waals surface area contributed by atoms with Crippen molar-refractivity contribution >= 4 is 39.0 Å². The lowest BCUT2D eigenvalue weighted by atomic mass is 9.97. The van der Waals surface area contributed by atoms with Crippen LogP contribution in [0.3, 0.4) is 0 Å². The van der Waals surface area contributed by atoms with Crippen molar-refractivity contribution in [2.75, 3.05) is 5.32 Å². The molecule has 4 rings (SSSR count). The fraction of sp³-hybridized carbons (Fsp3) is 0.235. The van der Waals surface area contributed by atoms with E-state index < -0.39 is 4.92 Å². The third-order valence-electron chi connectivity index (χ3n) is 4.32. The largest absolute Gasteiger partial charge is 0.306 e.